The third-order valence-corrected chi connectivity index (χ3v) is 0.892. The fraction of sp³-hybridized carbons (Fsp3) is 0.333. The molecule has 0 radical (unpaired) electrons. The molecule has 0 atom stereocenters. The second-order valence-electron chi connectivity index (χ2n) is 0.908. The van der Waals surface area contributed by atoms with Crippen molar-refractivity contribution in [1.82, 2.24) is 0 Å². The van der Waals surface area contributed by atoms with Gasteiger partial charge in [-0.1, -0.05) is 0 Å². The van der Waals surface area contributed by atoms with Crippen LogP contribution in [0.25, 0.3) is 0 Å². The van der Waals surface area contributed by atoms with Crippen molar-refractivity contribution in [1.29, 1.82) is 0 Å². The first-order chi connectivity index (χ1) is 5.06. The van der Waals surface area contributed by atoms with Gasteiger partial charge in [-0.05, 0) is 6.92 Å². The molecular formula is C6H15O4P. The first kappa shape index (κ1) is 16.9. The van der Waals surface area contributed by atoms with Crippen LogP contribution in [0.15, 0.2) is 26.3 Å². The molecular weight excluding hydrogens is 167 g/mol. The zero-order chi connectivity index (χ0) is 9.91. The minimum Gasteiger partial charge on any atom is -0.303 e. The van der Waals surface area contributed by atoms with Crippen molar-refractivity contribution in [2.45, 2.75) is 6.92 Å². The van der Waals surface area contributed by atoms with Crippen LogP contribution in [0.4, 0.5) is 0 Å². The Kier molecular flexibility index (Phi) is 18.9. The van der Waals surface area contributed by atoms with E-state index in [1.54, 1.807) is 0 Å². The maximum atomic E-state index is 9.70. The molecule has 0 heterocycles. The molecule has 0 spiro atoms. The van der Waals surface area contributed by atoms with Crippen LogP contribution in [0.2, 0.25) is 0 Å². The van der Waals surface area contributed by atoms with Gasteiger partial charge in [0.2, 0.25) is 0 Å². The molecule has 0 unspecified atom stereocenters. The van der Waals surface area contributed by atoms with Crippen LogP contribution in [0.5, 0.6) is 0 Å². The van der Waals surface area contributed by atoms with Crippen LogP contribution < -0.4 is 0 Å². The highest BCUT2D eigenvalue weighted by molar-refractivity contribution is 7.46. The smallest absolute Gasteiger partial charge is 0.303 e. The third-order valence-electron chi connectivity index (χ3n) is 0.297. The molecule has 0 aromatic carbocycles. The third kappa shape index (κ3) is 42.9. The Balaban J connectivity index is -0.000000138. The van der Waals surface area contributed by atoms with Gasteiger partial charge >= 0.3 is 7.82 Å². The Morgan fingerprint density at radius 2 is 1.55 bits per heavy atom. The van der Waals surface area contributed by atoms with Gasteiger partial charge < -0.3 is 9.79 Å². The van der Waals surface area contributed by atoms with Crippen molar-refractivity contribution in [3.05, 3.63) is 26.3 Å². The molecule has 0 aliphatic heterocycles. The highest BCUT2D eigenvalue weighted by atomic mass is 31.2. The molecule has 2 N–H and O–H groups in total. The topological polar surface area (TPSA) is 66.8 Å². The minimum atomic E-state index is -4.17. The van der Waals surface area contributed by atoms with E-state index in [0.717, 1.165) is 0 Å². The molecule has 0 rings (SSSR count). The van der Waals surface area contributed by atoms with Crippen molar-refractivity contribution in [2.75, 3.05) is 6.61 Å². The standard InChI is InChI=1S/C2H7O4P.2C2H4/c1-2-6-7(3,4)5;2*1-2/h2H2,1H3,(H2,3,4,5);2*1-2H2. The highest BCUT2D eigenvalue weighted by Gasteiger charge is 2.10. The largest absolute Gasteiger partial charge is 0.469 e. The first-order valence-corrected chi connectivity index (χ1v) is 4.29. The second kappa shape index (κ2) is 12.3. The average Bonchev–Trinajstić information content (AvgIpc) is 1.94. The van der Waals surface area contributed by atoms with Gasteiger partial charge in [0.05, 0.1) is 6.61 Å². The fourth-order valence-electron chi connectivity index (χ4n) is 0.168. The van der Waals surface area contributed by atoms with Gasteiger partial charge in [0.1, 0.15) is 0 Å². The molecule has 0 aliphatic carbocycles. The SMILES string of the molecule is C=C.C=C.CCOP(=O)(O)O. The van der Waals surface area contributed by atoms with E-state index in [0.29, 0.717) is 0 Å². The summed E-state index contributed by atoms with van der Waals surface area (Å²) < 4.78 is 13.6. The van der Waals surface area contributed by atoms with E-state index in [9.17, 15) is 4.57 Å². The van der Waals surface area contributed by atoms with Gasteiger partial charge in [0, 0.05) is 0 Å². The molecule has 68 valence electrons. The van der Waals surface area contributed by atoms with E-state index in [-0.39, 0.29) is 6.61 Å². The Hall–Kier alpha value is -0.410. The molecule has 11 heavy (non-hydrogen) atoms. The molecule has 0 saturated carbocycles. The van der Waals surface area contributed by atoms with E-state index in [1.165, 1.54) is 6.92 Å². The summed E-state index contributed by atoms with van der Waals surface area (Å²) in [6.45, 7) is 13.6. The van der Waals surface area contributed by atoms with Crippen molar-refractivity contribution in [3.63, 3.8) is 0 Å². The zero-order valence-electron chi connectivity index (χ0n) is 6.69. The summed E-state index contributed by atoms with van der Waals surface area (Å²) in [5, 5.41) is 0. The van der Waals surface area contributed by atoms with Gasteiger partial charge in [-0.3, -0.25) is 4.52 Å². The monoisotopic (exact) mass is 182 g/mol. The molecule has 0 saturated heterocycles. The van der Waals surface area contributed by atoms with Gasteiger partial charge in [0.25, 0.3) is 0 Å². The maximum absolute atomic E-state index is 9.70. The van der Waals surface area contributed by atoms with Crippen LogP contribution in [0.1, 0.15) is 6.92 Å². The lowest BCUT2D eigenvalue weighted by molar-refractivity contribution is 0.206. The quantitative estimate of drug-likeness (QED) is 0.504. The molecule has 0 aromatic rings. The zero-order valence-corrected chi connectivity index (χ0v) is 7.59. The van der Waals surface area contributed by atoms with E-state index in [1.807, 2.05) is 0 Å². The summed E-state index contributed by atoms with van der Waals surface area (Å²) in [4.78, 5) is 15.8. The van der Waals surface area contributed by atoms with E-state index in [4.69, 9.17) is 9.79 Å². The summed E-state index contributed by atoms with van der Waals surface area (Å²) in [6, 6.07) is 0. The lowest BCUT2D eigenvalue weighted by Crippen LogP contribution is -1.84. The number of rotatable bonds is 2. The molecule has 0 bridgehead atoms. The number of phosphoric ester groups is 1. The molecule has 0 fully saturated rings. The maximum Gasteiger partial charge on any atom is 0.469 e. The van der Waals surface area contributed by atoms with Crippen LogP contribution in [0, 0.1) is 0 Å². The Labute approximate surface area is 67.4 Å². The molecule has 0 aliphatic rings. The lowest BCUT2D eigenvalue weighted by Gasteiger charge is -1.98. The summed E-state index contributed by atoms with van der Waals surface area (Å²) in [7, 11) is -4.17. The van der Waals surface area contributed by atoms with Crippen LogP contribution in [-0.2, 0) is 9.09 Å². The van der Waals surface area contributed by atoms with Gasteiger partial charge in [-0.2, -0.15) is 0 Å². The summed E-state index contributed by atoms with van der Waals surface area (Å²) in [5.74, 6) is 0. The number of hydrogen-bond acceptors (Lipinski definition) is 2. The van der Waals surface area contributed by atoms with Gasteiger partial charge in [-0.25, -0.2) is 4.57 Å². The van der Waals surface area contributed by atoms with Crippen molar-refractivity contribution in [2.24, 2.45) is 0 Å². The van der Waals surface area contributed by atoms with Crippen molar-refractivity contribution >= 4 is 7.82 Å². The van der Waals surface area contributed by atoms with Crippen molar-refractivity contribution in [3.8, 4) is 0 Å². The Morgan fingerprint density at radius 3 is 1.55 bits per heavy atom. The predicted molar refractivity (Wildman–Crippen MR) is 46.2 cm³/mol. The fourth-order valence-corrected chi connectivity index (χ4v) is 0.505. The molecule has 0 aromatic heterocycles. The van der Waals surface area contributed by atoms with Crippen molar-refractivity contribution < 1.29 is 18.9 Å². The van der Waals surface area contributed by atoms with Crippen LogP contribution >= 0.6 is 7.82 Å². The van der Waals surface area contributed by atoms with E-state index >= 15 is 0 Å². The lowest BCUT2D eigenvalue weighted by atomic mass is 10.9. The molecule has 0 amide bonds. The van der Waals surface area contributed by atoms with E-state index < -0.39 is 7.82 Å². The second-order valence-corrected chi connectivity index (χ2v) is 2.15. The van der Waals surface area contributed by atoms with Gasteiger partial charge in [0.15, 0.2) is 0 Å². The normalized spacial score (nSPS) is 8.27. The predicted octanol–water partition coefficient (Wildman–Crippen LogP) is 1.72. The summed E-state index contributed by atoms with van der Waals surface area (Å²) >= 11 is 0. The van der Waals surface area contributed by atoms with Crippen LogP contribution in [0.3, 0.4) is 0 Å². The first-order valence-electron chi connectivity index (χ1n) is 2.76. The minimum absolute atomic E-state index is 0.0459. The van der Waals surface area contributed by atoms with Gasteiger partial charge in [-0.15, -0.1) is 26.3 Å². The molecule has 5 heteroatoms. The average molecular weight is 182 g/mol. The Morgan fingerprint density at radius 1 is 1.27 bits per heavy atom. The highest BCUT2D eigenvalue weighted by Crippen LogP contribution is 2.34. The summed E-state index contributed by atoms with van der Waals surface area (Å²) in [6.07, 6.45) is 0. The Bertz CT molecular complexity index is 107. The molecule has 4 nitrogen and oxygen atoms in total. The number of phosphoric acid groups is 1. The number of hydrogen-bond donors (Lipinski definition) is 2. The van der Waals surface area contributed by atoms with E-state index in [2.05, 4.69) is 30.8 Å². The summed E-state index contributed by atoms with van der Waals surface area (Å²) in [5.41, 5.74) is 0. The van der Waals surface area contributed by atoms with Crippen LogP contribution in [-0.4, -0.2) is 16.4 Å².